The molecule has 27 heavy (non-hydrogen) atoms. The van der Waals surface area contributed by atoms with Gasteiger partial charge in [-0.3, -0.25) is 4.90 Å². The van der Waals surface area contributed by atoms with E-state index in [0.717, 1.165) is 62.0 Å². The molecule has 0 bridgehead atoms. The molecule has 1 aliphatic heterocycles. The number of benzene rings is 1. The van der Waals surface area contributed by atoms with Crippen LogP contribution in [0.3, 0.4) is 0 Å². The fourth-order valence-corrected chi connectivity index (χ4v) is 4.29. The van der Waals surface area contributed by atoms with Crippen molar-refractivity contribution in [3.63, 3.8) is 0 Å². The van der Waals surface area contributed by atoms with Crippen LogP contribution in [0.2, 0.25) is 0 Å². The number of aromatic amines is 1. The molecule has 1 saturated heterocycles. The molecule has 1 fully saturated rings. The van der Waals surface area contributed by atoms with E-state index in [1.807, 2.05) is 19.2 Å². The van der Waals surface area contributed by atoms with Crippen molar-refractivity contribution in [2.24, 2.45) is 0 Å². The van der Waals surface area contributed by atoms with Crippen LogP contribution in [0.1, 0.15) is 30.9 Å². The van der Waals surface area contributed by atoms with E-state index in [1.54, 1.807) is 6.20 Å². The Morgan fingerprint density at radius 3 is 2.70 bits per heavy atom. The lowest BCUT2D eigenvalue weighted by molar-refractivity contribution is -0.0845. The van der Waals surface area contributed by atoms with Crippen molar-refractivity contribution in [3.05, 3.63) is 59.9 Å². The molecule has 2 aromatic heterocycles. The highest BCUT2D eigenvalue weighted by molar-refractivity contribution is 6.46. The number of ether oxygens (including phenoxy) is 1. The van der Waals surface area contributed by atoms with E-state index < -0.39 is 5.60 Å². The van der Waals surface area contributed by atoms with Crippen LogP contribution in [0.4, 0.5) is 0 Å². The van der Waals surface area contributed by atoms with Crippen LogP contribution in [0.5, 0.6) is 0 Å². The van der Waals surface area contributed by atoms with Gasteiger partial charge in [0.1, 0.15) is 5.65 Å². The van der Waals surface area contributed by atoms with Gasteiger partial charge in [-0.25, -0.2) is 4.98 Å². The average Bonchev–Trinajstić information content (AvgIpc) is 3.18. The lowest BCUT2D eigenvalue weighted by atomic mass is 9.73. The molecule has 3 aromatic rings. The van der Waals surface area contributed by atoms with Gasteiger partial charge >= 0.3 is 7.48 Å². The van der Waals surface area contributed by atoms with Gasteiger partial charge in [0.05, 0.1) is 5.60 Å². The molecule has 0 atom stereocenters. The van der Waals surface area contributed by atoms with Crippen LogP contribution in [0, 0.1) is 0 Å². The van der Waals surface area contributed by atoms with Crippen LogP contribution in [-0.2, 0) is 16.9 Å². The zero-order valence-electron chi connectivity index (χ0n) is 15.7. The minimum absolute atomic E-state index is 0.403. The van der Waals surface area contributed by atoms with Crippen molar-refractivity contribution in [2.75, 3.05) is 19.7 Å². The molecular weight excluding hydrogens is 337 g/mol. The summed E-state index contributed by atoms with van der Waals surface area (Å²) < 4.78 is 6.38. The molecule has 0 amide bonds. The predicted octanol–water partition coefficient (Wildman–Crippen LogP) is 2.33. The van der Waals surface area contributed by atoms with Gasteiger partial charge < -0.3 is 14.7 Å². The Morgan fingerprint density at radius 2 is 2.00 bits per heavy atom. The Morgan fingerprint density at radius 1 is 1.22 bits per heavy atom. The maximum absolute atomic E-state index is 9.83. The van der Waals surface area contributed by atoms with Crippen LogP contribution >= 0.6 is 0 Å². The topological polar surface area (TPSA) is 61.4 Å². The minimum atomic E-state index is -0.403. The van der Waals surface area contributed by atoms with E-state index in [0.29, 0.717) is 6.61 Å². The van der Waals surface area contributed by atoms with Crippen LogP contribution in [-0.4, -0.2) is 47.1 Å². The van der Waals surface area contributed by atoms with Crippen LogP contribution in [0.25, 0.3) is 11.0 Å². The normalized spacial score (nSPS) is 17.3. The second kappa shape index (κ2) is 7.84. The summed E-state index contributed by atoms with van der Waals surface area (Å²) in [6, 6.07) is 12.6. The summed E-state index contributed by atoms with van der Waals surface area (Å²) in [6.45, 7) is 5.54. The van der Waals surface area contributed by atoms with Gasteiger partial charge in [0, 0.05) is 44.0 Å². The molecule has 6 heteroatoms. The number of fused-ring (bicyclic) bond motifs is 1. The fraction of sp³-hybridized carbons (Fsp3) is 0.381. The first-order chi connectivity index (χ1) is 13.3. The van der Waals surface area contributed by atoms with Crippen molar-refractivity contribution in [3.8, 4) is 0 Å². The zero-order chi connectivity index (χ0) is 18.7. The molecule has 1 aliphatic rings. The molecular formula is C21H25BN3O2. The van der Waals surface area contributed by atoms with E-state index in [-0.39, 0.29) is 0 Å². The van der Waals surface area contributed by atoms with Gasteiger partial charge in [0.15, 0.2) is 0 Å². The van der Waals surface area contributed by atoms with Gasteiger partial charge in [-0.2, -0.15) is 0 Å². The highest BCUT2D eigenvalue weighted by atomic mass is 16.5. The van der Waals surface area contributed by atoms with Crippen LogP contribution in [0.15, 0.2) is 48.8 Å². The number of nitrogens with zero attached hydrogens (tertiary/aromatic N) is 2. The van der Waals surface area contributed by atoms with E-state index in [2.05, 4.69) is 45.2 Å². The Hall–Kier alpha value is -2.15. The molecule has 0 saturated carbocycles. The summed E-state index contributed by atoms with van der Waals surface area (Å²) in [5.41, 5.74) is 3.56. The summed E-state index contributed by atoms with van der Waals surface area (Å²) in [5, 5.41) is 10.9. The zero-order valence-corrected chi connectivity index (χ0v) is 15.7. The van der Waals surface area contributed by atoms with Gasteiger partial charge in [-0.05, 0) is 42.4 Å². The number of likely N-dealkylation sites (tertiary alicyclic amines) is 1. The maximum atomic E-state index is 9.83. The lowest BCUT2D eigenvalue weighted by Gasteiger charge is -2.43. The Bertz CT molecular complexity index is 889. The smallest absolute Gasteiger partial charge is 0.328 e. The molecule has 3 heterocycles. The van der Waals surface area contributed by atoms with E-state index in [1.165, 1.54) is 5.56 Å². The van der Waals surface area contributed by atoms with E-state index in [4.69, 9.17) is 4.74 Å². The van der Waals surface area contributed by atoms with Crippen molar-refractivity contribution in [1.82, 2.24) is 14.9 Å². The van der Waals surface area contributed by atoms with Crippen LogP contribution < -0.4 is 5.46 Å². The average molecular weight is 362 g/mol. The van der Waals surface area contributed by atoms with Crippen molar-refractivity contribution in [2.45, 2.75) is 31.9 Å². The molecule has 5 nitrogen and oxygen atoms in total. The second-order valence-electron chi connectivity index (χ2n) is 7.15. The first-order valence-electron chi connectivity index (χ1n) is 9.60. The third kappa shape index (κ3) is 3.52. The maximum Gasteiger partial charge on any atom is 0.328 e. The summed E-state index contributed by atoms with van der Waals surface area (Å²) in [7, 11) is 1.16. The summed E-state index contributed by atoms with van der Waals surface area (Å²) in [6.07, 6.45) is 5.40. The number of nitrogens with one attached hydrogen (secondary N) is 1. The monoisotopic (exact) mass is 362 g/mol. The third-order valence-electron chi connectivity index (χ3n) is 5.54. The van der Waals surface area contributed by atoms with E-state index >= 15 is 0 Å². The Balaban J connectivity index is 1.63. The molecule has 139 valence electrons. The van der Waals surface area contributed by atoms with E-state index in [9.17, 15) is 5.02 Å². The van der Waals surface area contributed by atoms with Crippen molar-refractivity contribution in [1.29, 1.82) is 0 Å². The summed E-state index contributed by atoms with van der Waals surface area (Å²) in [5.74, 6) is 0. The number of piperidine rings is 1. The number of H-pyrrole nitrogens is 1. The number of aromatic nitrogens is 2. The number of hydrogen-bond acceptors (Lipinski definition) is 4. The number of pyridine rings is 1. The third-order valence-corrected chi connectivity index (χ3v) is 5.54. The number of rotatable bonds is 6. The fourth-order valence-electron chi connectivity index (χ4n) is 4.29. The minimum Gasteiger partial charge on any atom is -0.450 e. The van der Waals surface area contributed by atoms with Gasteiger partial charge in [-0.1, -0.05) is 30.3 Å². The van der Waals surface area contributed by atoms with Gasteiger partial charge in [0.2, 0.25) is 0 Å². The van der Waals surface area contributed by atoms with Crippen molar-refractivity contribution < 1.29 is 9.76 Å². The second-order valence-corrected chi connectivity index (χ2v) is 7.15. The molecule has 0 spiro atoms. The highest BCUT2D eigenvalue weighted by Gasteiger charge is 2.40. The first-order valence-corrected chi connectivity index (χ1v) is 9.60. The first kappa shape index (κ1) is 18.2. The SMILES string of the molecule is CCOC1(c2c([B]O)cnc3[nH]ccc23)CCN(Cc2ccccc2)CC1. The molecule has 4 rings (SSSR count). The van der Waals surface area contributed by atoms with Gasteiger partial charge in [-0.15, -0.1) is 0 Å². The summed E-state index contributed by atoms with van der Waals surface area (Å²) >= 11 is 0. The Labute approximate surface area is 160 Å². The standard InChI is InChI=1S/C21H25BN3O2/c1-2-27-21(19-17-8-11-23-20(17)24-14-18(19)22-26)9-12-25(13-10-21)15-16-6-4-3-5-7-16/h3-8,11,14,26H,2,9-10,12-13,15H2,1H3,(H,23,24). The molecule has 1 aromatic carbocycles. The lowest BCUT2D eigenvalue weighted by Crippen LogP contribution is -2.47. The molecule has 0 unspecified atom stereocenters. The quantitative estimate of drug-likeness (QED) is 0.661. The van der Waals surface area contributed by atoms with Gasteiger partial charge in [0.25, 0.3) is 0 Å². The summed E-state index contributed by atoms with van der Waals surface area (Å²) in [4.78, 5) is 10.1. The van der Waals surface area contributed by atoms with Crippen molar-refractivity contribution >= 4 is 24.0 Å². The Kier molecular flexibility index (Phi) is 5.30. The molecule has 0 aliphatic carbocycles. The molecule has 2 N–H and O–H groups in total. The largest absolute Gasteiger partial charge is 0.450 e. The molecule has 1 radical (unpaired) electrons. The highest BCUT2D eigenvalue weighted by Crippen LogP contribution is 2.39. The number of hydrogen-bond donors (Lipinski definition) is 2. The predicted molar refractivity (Wildman–Crippen MR) is 108 cm³/mol.